The molecule has 6 N–H and O–H groups in total. The number of nitrogens with zero attached hydrogens (tertiary/aromatic N) is 3. The van der Waals surface area contributed by atoms with Crippen molar-refractivity contribution in [2.75, 3.05) is 23.4 Å². The molecule has 0 bridgehead atoms. The van der Waals surface area contributed by atoms with Gasteiger partial charge in [-0.2, -0.15) is 11.8 Å². The van der Waals surface area contributed by atoms with Crippen molar-refractivity contribution in [3.05, 3.63) is 6.20 Å². The third-order valence-corrected chi connectivity index (χ3v) is 8.97. The highest BCUT2D eigenvalue weighted by atomic mass is 32.2. The molecule has 1 aromatic heterocycles. The minimum atomic E-state index is -1.72. The number of aromatic nitrogens is 3. The van der Waals surface area contributed by atoms with Crippen LogP contribution in [0, 0.1) is 0 Å². The first-order valence-electron chi connectivity index (χ1n) is 17.3. The summed E-state index contributed by atoms with van der Waals surface area (Å²) in [5, 5.41) is 52.8. The third-order valence-electron chi connectivity index (χ3n) is 7.79. The number of rotatable bonds is 24. The zero-order chi connectivity index (χ0) is 36.2. The summed E-state index contributed by atoms with van der Waals surface area (Å²) in [5.41, 5.74) is 0. The van der Waals surface area contributed by atoms with Crippen LogP contribution in [0.25, 0.3) is 0 Å². The maximum absolute atomic E-state index is 13.4. The van der Waals surface area contributed by atoms with Crippen LogP contribution in [-0.2, 0) is 39.9 Å². The number of thioether (sulfide) groups is 1. The van der Waals surface area contributed by atoms with Gasteiger partial charge in [-0.05, 0) is 19.3 Å². The van der Waals surface area contributed by atoms with Crippen LogP contribution in [0.15, 0.2) is 6.20 Å². The largest absolute Gasteiger partial charge is 0.462 e. The van der Waals surface area contributed by atoms with Gasteiger partial charge < -0.3 is 45.3 Å². The first kappa shape index (κ1) is 42.3. The normalized spacial score (nSPS) is 21.8. The molecule has 0 aliphatic carbocycles. The Labute approximate surface area is 292 Å². The van der Waals surface area contributed by atoms with Crippen LogP contribution in [0.5, 0.6) is 0 Å². The number of ether oxygens (including phenoxy) is 3. The molecule has 2 amide bonds. The molecule has 1 aliphatic heterocycles. The minimum Gasteiger partial charge on any atom is -0.462 e. The zero-order valence-electron chi connectivity index (χ0n) is 28.8. The molecule has 1 fully saturated rings. The number of hydrogen-bond donors (Lipinski definition) is 6. The number of hydrogen-bond acceptors (Lipinski definition) is 14. The van der Waals surface area contributed by atoms with Crippen molar-refractivity contribution in [3.63, 3.8) is 0 Å². The number of anilines is 1. The topological polar surface area (TPSA) is 232 Å². The molecule has 0 spiro atoms. The van der Waals surface area contributed by atoms with Crippen molar-refractivity contribution in [1.82, 2.24) is 20.3 Å². The SMILES string of the molecule is CCCCCC(=O)N[C@H](CSC[C@@H](COC(=O)CCCCC)OC(=O)CCCCC)C(=O)Nc1cn(CC2OC(O)C(O)C(O)C2O)nn1. The summed E-state index contributed by atoms with van der Waals surface area (Å²) in [6.07, 6.45) is 1.21. The summed E-state index contributed by atoms with van der Waals surface area (Å²) >= 11 is 1.25. The van der Waals surface area contributed by atoms with E-state index in [0.29, 0.717) is 19.3 Å². The second-order valence-corrected chi connectivity index (χ2v) is 13.3. The minimum absolute atomic E-state index is 0.0283. The lowest BCUT2D eigenvalue weighted by molar-refractivity contribution is -0.284. The molecular weight excluding hydrogens is 662 g/mol. The Morgan fingerprint density at radius 3 is 2.16 bits per heavy atom. The summed E-state index contributed by atoms with van der Waals surface area (Å²) in [5.74, 6) is -1.31. The van der Waals surface area contributed by atoms with Gasteiger partial charge in [0.25, 0.3) is 0 Å². The van der Waals surface area contributed by atoms with Gasteiger partial charge in [-0.25, -0.2) is 4.68 Å². The van der Waals surface area contributed by atoms with Crippen LogP contribution in [0.2, 0.25) is 0 Å². The molecule has 0 aromatic carbocycles. The summed E-state index contributed by atoms with van der Waals surface area (Å²) in [6.45, 7) is 5.80. The van der Waals surface area contributed by atoms with Crippen molar-refractivity contribution in [2.45, 2.75) is 147 Å². The smallest absolute Gasteiger partial charge is 0.306 e. The second kappa shape index (κ2) is 23.6. The first-order chi connectivity index (χ1) is 23.5. The maximum atomic E-state index is 13.4. The summed E-state index contributed by atoms with van der Waals surface area (Å²) in [4.78, 5) is 50.8. The van der Waals surface area contributed by atoms with Crippen molar-refractivity contribution < 1.29 is 53.8 Å². The summed E-state index contributed by atoms with van der Waals surface area (Å²) < 4.78 is 17.4. The molecule has 1 aliphatic rings. The molecule has 5 unspecified atom stereocenters. The number of amides is 2. The van der Waals surface area contributed by atoms with Crippen LogP contribution in [0.3, 0.4) is 0 Å². The summed E-state index contributed by atoms with van der Waals surface area (Å²) in [6, 6.07) is -1.00. The molecular formula is C32H55N5O11S. The molecule has 1 saturated heterocycles. The monoisotopic (exact) mass is 717 g/mol. The van der Waals surface area contributed by atoms with Gasteiger partial charge in [0.15, 0.2) is 12.1 Å². The standard InChI is InChI=1S/C32H55N5O11S/c1-4-7-10-13-25(38)33-22(20-49-19-21(47-27(40)15-12-9-6-3)18-46-26(39)14-11-8-5-2)31(44)34-24-17-37(36-35-24)16-23-28(41)29(42)30(43)32(45)48-23/h17,21-23,28-30,32,41-43,45H,4-16,18-20H2,1-3H3,(H,33,38)(H,34,44)/t21-,22-,23?,28?,29?,30?,32?/m1/s1. The quantitative estimate of drug-likeness (QED) is 0.0657. The highest BCUT2D eigenvalue weighted by Crippen LogP contribution is 2.21. The number of aliphatic hydroxyl groups excluding tert-OH is 4. The Kier molecular flexibility index (Phi) is 20.3. The van der Waals surface area contributed by atoms with Crippen LogP contribution in [0.4, 0.5) is 5.82 Å². The van der Waals surface area contributed by atoms with Gasteiger partial charge in [0.05, 0.1) is 12.7 Å². The van der Waals surface area contributed by atoms with Crippen molar-refractivity contribution >= 4 is 41.3 Å². The van der Waals surface area contributed by atoms with Crippen LogP contribution in [0.1, 0.15) is 97.8 Å². The van der Waals surface area contributed by atoms with Crippen LogP contribution in [-0.4, -0.2) is 120 Å². The van der Waals surface area contributed by atoms with E-state index in [2.05, 4.69) is 20.9 Å². The molecule has 49 heavy (non-hydrogen) atoms. The molecule has 0 saturated carbocycles. The maximum Gasteiger partial charge on any atom is 0.306 e. The average molecular weight is 718 g/mol. The Morgan fingerprint density at radius 2 is 1.51 bits per heavy atom. The van der Waals surface area contributed by atoms with E-state index in [0.717, 1.165) is 38.5 Å². The van der Waals surface area contributed by atoms with Crippen molar-refractivity contribution in [2.24, 2.45) is 0 Å². The highest BCUT2D eigenvalue weighted by Gasteiger charge is 2.43. The van der Waals surface area contributed by atoms with E-state index in [-0.39, 0.29) is 61.6 Å². The fourth-order valence-electron chi connectivity index (χ4n) is 4.88. The Balaban J connectivity index is 2.05. The van der Waals surface area contributed by atoms with Crippen LogP contribution >= 0.6 is 11.8 Å². The predicted octanol–water partition coefficient (Wildman–Crippen LogP) is 1.43. The fraction of sp³-hybridized carbons (Fsp3) is 0.812. The lowest BCUT2D eigenvalue weighted by Crippen LogP contribution is -2.58. The summed E-state index contributed by atoms with van der Waals surface area (Å²) in [7, 11) is 0. The Bertz CT molecular complexity index is 1140. The van der Waals surface area contributed by atoms with E-state index in [4.69, 9.17) is 14.2 Å². The van der Waals surface area contributed by atoms with E-state index in [1.165, 1.54) is 22.6 Å². The van der Waals surface area contributed by atoms with E-state index >= 15 is 0 Å². The zero-order valence-corrected chi connectivity index (χ0v) is 29.6. The average Bonchev–Trinajstić information content (AvgIpc) is 3.51. The second-order valence-electron chi connectivity index (χ2n) is 12.2. The molecule has 0 radical (unpaired) electrons. The molecule has 280 valence electrons. The van der Waals surface area contributed by atoms with Crippen molar-refractivity contribution in [1.29, 1.82) is 0 Å². The van der Waals surface area contributed by atoms with Gasteiger partial charge in [0.2, 0.25) is 11.8 Å². The Hall–Kier alpha value is -2.83. The molecule has 7 atom stereocenters. The van der Waals surface area contributed by atoms with Gasteiger partial charge >= 0.3 is 11.9 Å². The molecule has 2 rings (SSSR count). The van der Waals surface area contributed by atoms with Gasteiger partial charge in [0, 0.05) is 30.8 Å². The molecule has 17 heteroatoms. The van der Waals surface area contributed by atoms with E-state index < -0.39 is 54.7 Å². The van der Waals surface area contributed by atoms with Gasteiger partial charge in [-0.15, -0.1) is 5.10 Å². The highest BCUT2D eigenvalue weighted by molar-refractivity contribution is 7.99. The lowest BCUT2D eigenvalue weighted by atomic mass is 9.99. The molecule has 16 nitrogen and oxygen atoms in total. The van der Waals surface area contributed by atoms with E-state index in [9.17, 15) is 39.6 Å². The van der Waals surface area contributed by atoms with Gasteiger partial charge in [-0.1, -0.05) is 64.5 Å². The van der Waals surface area contributed by atoms with Gasteiger partial charge in [0.1, 0.15) is 43.2 Å². The van der Waals surface area contributed by atoms with Crippen molar-refractivity contribution in [3.8, 4) is 0 Å². The number of aliphatic hydroxyl groups is 4. The van der Waals surface area contributed by atoms with Gasteiger partial charge in [-0.3, -0.25) is 19.2 Å². The number of esters is 2. The molecule has 2 heterocycles. The molecule has 1 aromatic rings. The number of carbonyl (C=O) groups is 4. The number of nitrogens with one attached hydrogen (secondary N) is 2. The predicted molar refractivity (Wildman–Crippen MR) is 180 cm³/mol. The number of unbranched alkanes of at least 4 members (excludes halogenated alkanes) is 6. The van der Waals surface area contributed by atoms with E-state index in [1.807, 2.05) is 20.8 Å². The van der Waals surface area contributed by atoms with E-state index in [1.54, 1.807) is 0 Å². The first-order valence-corrected chi connectivity index (χ1v) is 18.4. The Morgan fingerprint density at radius 1 is 0.878 bits per heavy atom. The third kappa shape index (κ3) is 16.2. The fourth-order valence-corrected chi connectivity index (χ4v) is 5.92. The lowest BCUT2D eigenvalue weighted by Gasteiger charge is -2.38. The van der Waals surface area contributed by atoms with Crippen LogP contribution < -0.4 is 10.6 Å². The number of carbonyl (C=O) groups excluding carboxylic acids is 4.